The number of para-hydroxylation sites is 2. The van der Waals surface area contributed by atoms with E-state index in [9.17, 15) is 9.59 Å². The zero-order valence-corrected chi connectivity index (χ0v) is 20.0. The van der Waals surface area contributed by atoms with E-state index in [1.54, 1.807) is 6.08 Å². The second-order valence-electron chi connectivity index (χ2n) is 8.23. The van der Waals surface area contributed by atoms with Gasteiger partial charge in [-0.2, -0.15) is 0 Å². The molecule has 1 amide bonds. The van der Waals surface area contributed by atoms with Crippen LogP contribution in [0.3, 0.4) is 0 Å². The third kappa shape index (κ3) is 4.91. The molecule has 0 aliphatic rings. The Kier molecular flexibility index (Phi) is 6.51. The van der Waals surface area contributed by atoms with Crippen molar-refractivity contribution in [2.75, 3.05) is 5.32 Å². The molecule has 5 heteroatoms. The van der Waals surface area contributed by atoms with Crippen LogP contribution in [-0.4, -0.2) is 21.6 Å². The van der Waals surface area contributed by atoms with Gasteiger partial charge in [-0.15, -0.1) is 11.8 Å². The number of amides is 1. The predicted molar refractivity (Wildman–Crippen MR) is 146 cm³/mol. The van der Waals surface area contributed by atoms with Crippen molar-refractivity contribution < 1.29 is 9.59 Å². The second kappa shape index (κ2) is 10.0. The quantitative estimate of drug-likeness (QED) is 0.207. The van der Waals surface area contributed by atoms with Gasteiger partial charge in [0.15, 0.2) is 0 Å². The van der Waals surface area contributed by atoms with Crippen LogP contribution in [-0.2, 0) is 4.79 Å². The van der Waals surface area contributed by atoms with Crippen molar-refractivity contribution in [3.63, 3.8) is 0 Å². The second-order valence-corrected chi connectivity index (χ2v) is 9.64. The molecule has 0 fully saturated rings. The van der Waals surface area contributed by atoms with Crippen LogP contribution < -0.4 is 5.32 Å². The Morgan fingerprint density at radius 3 is 1.97 bits per heavy atom. The van der Waals surface area contributed by atoms with Crippen LogP contribution >= 0.6 is 11.8 Å². The summed E-state index contributed by atoms with van der Waals surface area (Å²) in [6.07, 6.45) is 3.30. The highest BCUT2D eigenvalue weighted by molar-refractivity contribution is 8.00. The molecule has 5 rings (SSSR count). The number of nitrogens with zero attached hydrogens (tertiary/aromatic N) is 1. The van der Waals surface area contributed by atoms with E-state index in [2.05, 4.69) is 17.4 Å². The maximum absolute atomic E-state index is 13.5. The Morgan fingerprint density at radius 1 is 0.771 bits per heavy atom. The zero-order chi connectivity index (χ0) is 24.2. The summed E-state index contributed by atoms with van der Waals surface area (Å²) in [7, 11) is 0. The first-order valence-corrected chi connectivity index (χ1v) is 12.3. The van der Waals surface area contributed by atoms with Gasteiger partial charge >= 0.3 is 0 Å². The highest BCUT2D eigenvalue weighted by atomic mass is 32.2. The molecule has 0 aliphatic carbocycles. The van der Waals surface area contributed by atoms with Gasteiger partial charge < -0.3 is 5.32 Å². The molecule has 35 heavy (non-hydrogen) atoms. The van der Waals surface area contributed by atoms with Crippen molar-refractivity contribution in [3.05, 3.63) is 115 Å². The van der Waals surface area contributed by atoms with E-state index in [-0.39, 0.29) is 17.1 Å². The molecule has 0 radical (unpaired) electrons. The zero-order valence-electron chi connectivity index (χ0n) is 19.2. The molecule has 4 nitrogen and oxygen atoms in total. The Bertz CT molecular complexity index is 1480. The van der Waals surface area contributed by atoms with E-state index in [1.807, 2.05) is 102 Å². The Labute approximate surface area is 208 Å². The molecule has 1 unspecified atom stereocenters. The third-order valence-electron chi connectivity index (χ3n) is 5.81. The van der Waals surface area contributed by atoms with Gasteiger partial charge in [-0.05, 0) is 55.0 Å². The van der Waals surface area contributed by atoms with Gasteiger partial charge in [0, 0.05) is 27.4 Å². The molecule has 0 saturated heterocycles. The first-order valence-electron chi connectivity index (χ1n) is 11.4. The summed E-state index contributed by atoms with van der Waals surface area (Å²) in [5.74, 6) is -0.153. The number of benzene rings is 4. The maximum atomic E-state index is 13.5. The van der Waals surface area contributed by atoms with Crippen molar-refractivity contribution in [2.24, 2.45) is 0 Å². The lowest BCUT2D eigenvalue weighted by Crippen LogP contribution is -2.21. The summed E-state index contributed by atoms with van der Waals surface area (Å²) in [6.45, 7) is 1.93. The highest BCUT2D eigenvalue weighted by Crippen LogP contribution is 2.32. The van der Waals surface area contributed by atoms with Gasteiger partial charge in [0.05, 0.1) is 16.3 Å². The minimum atomic E-state index is -0.288. The van der Waals surface area contributed by atoms with Crippen molar-refractivity contribution >= 4 is 57.1 Å². The molecule has 1 N–H and O–H groups in total. The third-order valence-corrected chi connectivity index (χ3v) is 6.91. The molecule has 5 aromatic rings. The molecule has 1 atom stereocenters. The monoisotopic (exact) mass is 476 g/mol. The van der Waals surface area contributed by atoms with Crippen molar-refractivity contribution in [1.29, 1.82) is 0 Å². The number of aromatic nitrogens is 1. The van der Waals surface area contributed by atoms with Crippen molar-refractivity contribution in [3.8, 4) is 0 Å². The number of nitrogens with one attached hydrogen (secondary N) is 1. The maximum Gasteiger partial charge on any atom is 0.248 e. The lowest BCUT2D eigenvalue weighted by molar-refractivity contribution is -0.111. The topological polar surface area (TPSA) is 51.1 Å². The molecule has 1 heterocycles. The van der Waals surface area contributed by atoms with Gasteiger partial charge in [-0.3, -0.25) is 14.2 Å². The minimum Gasteiger partial charge on any atom is -0.323 e. The smallest absolute Gasteiger partial charge is 0.248 e. The molecule has 4 aromatic carbocycles. The molecule has 0 bridgehead atoms. The van der Waals surface area contributed by atoms with E-state index >= 15 is 0 Å². The number of fused-ring (bicyclic) bond motifs is 3. The van der Waals surface area contributed by atoms with Gasteiger partial charge in [0.25, 0.3) is 0 Å². The standard InChI is InChI=1S/C30H24N2O2S/c1-21(30(34)32-27-13-7-5-11-25(27)26-12-6-8-14-28(26)32)35-24-18-16-23(17-19-24)31-29(33)20-15-22-9-3-2-4-10-22/h2-21H,1H3,(H,31,33)/b20-15+. The van der Waals surface area contributed by atoms with E-state index in [0.717, 1.165) is 32.3 Å². The molecular weight excluding hydrogens is 452 g/mol. The predicted octanol–water partition coefficient (Wildman–Crippen LogP) is 7.27. The number of rotatable bonds is 6. The van der Waals surface area contributed by atoms with Gasteiger partial charge in [-0.25, -0.2) is 0 Å². The van der Waals surface area contributed by atoms with Crippen molar-refractivity contribution in [1.82, 2.24) is 4.57 Å². The lowest BCUT2D eigenvalue weighted by Gasteiger charge is -2.13. The fourth-order valence-electron chi connectivity index (χ4n) is 4.13. The summed E-state index contributed by atoms with van der Waals surface area (Å²) in [5.41, 5.74) is 3.52. The Balaban J connectivity index is 1.28. The van der Waals surface area contributed by atoms with E-state index in [4.69, 9.17) is 0 Å². The Morgan fingerprint density at radius 2 is 1.34 bits per heavy atom. The van der Waals surface area contributed by atoms with Crippen LogP contribution in [0.1, 0.15) is 17.3 Å². The summed E-state index contributed by atoms with van der Waals surface area (Å²) >= 11 is 1.51. The van der Waals surface area contributed by atoms with Crippen molar-refractivity contribution in [2.45, 2.75) is 17.1 Å². The van der Waals surface area contributed by atoms with E-state index in [1.165, 1.54) is 17.8 Å². The van der Waals surface area contributed by atoms with Gasteiger partial charge in [0.1, 0.15) is 0 Å². The van der Waals surface area contributed by atoms with Crippen LogP contribution in [0.15, 0.2) is 114 Å². The fourth-order valence-corrected chi connectivity index (χ4v) is 5.04. The fraction of sp³-hybridized carbons (Fsp3) is 0.0667. The molecule has 0 aliphatic heterocycles. The van der Waals surface area contributed by atoms with Crippen LogP contribution in [0.4, 0.5) is 5.69 Å². The average molecular weight is 477 g/mol. The number of anilines is 1. The first-order chi connectivity index (χ1) is 17.1. The number of hydrogen-bond donors (Lipinski definition) is 1. The lowest BCUT2D eigenvalue weighted by atomic mass is 10.2. The summed E-state index contributed by atoms with van der Waals surface area (Å²) in [5, 5.41) is 4.74. The summed E-state index contributed by atoms with van der Waals surface area (Å²) < 4.78 is 1.83. The van der Waals surface area contributed by atoms with E-state index in [0.29, 0.717) is 5.69 Å². The van der Waals surface area contributed by atoms with E-state index < -0.39 is 0 Å². The summed E-state index contributed by atoms with van der Waals surface area (Å²) in [6, 6.07) is 33.3. The largest absolute Gasteiger partial charge is 0.323 e. The number of carbonyl (C=O) groups excluding carboxylic acids is 2. The van der Waals surface area contributed by atoms with Crippen LogP contribution in [0.2, 0.25) is 0 Å². The summed E-state index contributed by atoms with van der Waals surface area (Å²) in [4.78, 5) is 26.7. The number of thioether (sulfide) groups is 1. The molecule has 172 valence electrons. The SMILES string of the molecule is CC(Sc1ccc(NC(=O)/C=C/c2ccccc2)cc1)C(=O)n1c2ccccc2c2ccccc21. The molecule has 0 saturated carbocycles. The molecule has 0 spiro atoms. The number of hydrogen-bond acceptors (Lipinski definition) is 3. The van der Waals surface area contributed by atoms with Crippen LogP contribution in [0.25, 0.3) is 27.9 Å². The Hall–Kier alpha value is -4.09. The van der Waals surface area contributed by atoms with Crippen LogP contribution in [0, 0.1) is 0 Å². The molecular formula is C30H24N2O2S. The normalized spacial score (nSPS) is 12.3. The molecule has 1 aromatic heterocycles. The average Bonchev–Trinajstić information content (AvgIpc) is 3.23. The highest BCUT2D eigenvalue weighted by Gasteiger charge is 2.21. The van der Waals surface area contributed by atoms with Crippen LogP contribution in [0.5, 0.6) is 0 Å². The first kappa shape index (κ1) is 22.7. The number of carbonyl (C=O) groups is 2. The van der Waals surface area contributed by atoms with Gasteiger partial charge in [-0.1, -0.05) is 66.7 Å². The minimum absolute atomic E-state index is 0.0378. The van der Waals surface area contributed by atoms with Gasteiger partial charge in [0.2, 0.25) is 11.8 Å².